The summed E-state index contributed by atoms with van der Waals surface area (Å²) >= 11 is 0. The average Bonchev–Trinajstić information content (AvgIpc) is 2.39. The van der Waals surface area contributed by atoms with Crippen LogP contribution < -0.4 is 10.6 Å². The van der Waals surface area contributed by atoms with E-state index in [0.717, 1.165) is 12.8 Å². The Morgan fingerprint density at radius 3 is 2.53 bits per heavy atom. The maximum Gasteiger partial charge on any atom is 0.236 e. The summed E-state index contributed by atoms with van der Waals surface area (Å²) in [5.41, 5.74) is 0. The van der Waals surface area contributed by atoms with E-state index in [4.69, 9.17) is 6.42 Å². The van der Waals surface area contributed by atoms with Crippen molar-refractivity contribution in [2.45, 2.75) is 32.7 Å². The van der Waals surface area contributed by atoms with Gasteiger partial charge in [0.25, 0.3) is 0 Å². The van der Waals surface area contributed by atoms with Gasteiger partial charge in [0.15, 0.2) is 0 Å². The third-order valence-electron chi connectivity index (χ3n) is 3.22. The van der Waals surface area contributed by atoms with Gasteiger partial charge in [-0.2, -0.15) is 0 Å². The molecule has 0 unspecified atom stereocenters. The molecular formula is C14H23N3O2. The van der Waals surface area contributed by atoms with Crippen molar-refractivity contribution in [1.29, 1.82) is 0 Å². The number of carbonyl (C=O) groups excluding carboxylic acids is 2. The van der Waals surface area contributed by atoms with Crippen LogP contribution in [0.25, 0.3) is 0 Å². The summed E-state index contributed by atoms with van der Waals surface area (Å²) in [7, 11) is 0. The maximum absolute atomic E-state index is 11.8. The lowest BCUT2D eigenvalue weighted by Gasteiger charge is -2.32. The van der Waals surface area contributed by atoms with E-state index in [9.17, 15) is 9.59 Å². The second kappa shape index (κ2) is 7.80. The largest absolute Gasteiger partial charge is 0.353 e. The smallest absolute Gasteiger partial charge is 0.236 e. The van der Waals surface area contributed by atoms with Crippen LogP contribution in [-0.4, -0.2) is 48.9 Å². The lowest BCUT2D eigenvalue weighted by atomic mass is 10.0. The molecule has 0 saturated carbocycles. The molecule has 1 heterocycles. The minimum Gasteiger partial charge on any atom is -0.353 e. The molecule has 5 heteroatoms. The summed E-state index contributed by atoms with van der Waals surface area (Å²) in [6.45, 7) is 5.84. The molecule has 0 radical (unpaired) electrons. The second-order valence-electron chi connectivity index (χ2n) is 5.13. The lowest BCUT2D eigenvalue weighted by Crippen LogP contribution is -2.49. The van der Waals surface area contributed by atoms with Crippen molar-refractivity contribution >= 4 is 11.8 Å². The van der Waals surface area contributed by atoms with Crippen LogP contribution in [0.2, 0.25) is 0 Å². The van der Waals surface area contributed by atoms with E-state index in [0.29, 0.717) is 19.6 Å². The quantitative estimate of drug-likeness (QED) is 0.542. The molecule has 2 N–H and O–H groups in total. The number of nitrogens with one attached hydrogen (secondary N) is 2. The average molecular weight is 265 g/mol. The minimum absolute atomic E-state index is 0.00706. The van der Waals surface area contributed by atoms with Crippen LogP contribution in [0.1, 0.15) is 26.7 Å². The van der Waals surface area contributed by atoms with Crippen LogP contribution in [0.15, 0.2) is 0 Å². The number of nitrogens with zero attached hydrogens (tertiary/aromatic N) is 1. The van der Waals surface area contributed by atoms with Gasteiger partial charge in [0.05, 0.1) is 13.1 Å². The number of hydrogen-bond donors (Lipinski definition) is 2. The van der Waals surface area contributed by atoms with Crippen molar-refractivity contribution in [3.05, 3.63) is 0 Å². The Balaban J connectivity index is 2.27. The van der Waals surface area contributed by atoms with Gasteiger partial charge in [-0.3, -0.25) is 14.9 Å². The molecule has 0 aliphatic carbocycles. The van der Waals surface area contributed by atoms with Gasteiger partial charge in [0, 0.05) is 25.0 Å². The molecule has 2 amide bonds. The van der Waals surface area contributed by atoms with Gasteiger partial charge in [0.1, 0.15) is 0 Å². The van der Waals surface area contributed by atoms with E-state index in [1.165, 1.54) is 0 Å². The Kier molecular flexibility index (Phi) is 6.37. The molecule has 1 fully saturated rings. The number of amides is 2. The lowest BCUT2D eigenvalue weighted by molar-refractivity contribution is -0.131. The molecule has 19 heavy (non-hydrogen) atoms. The maximum atomic E-state index is 11.8. The summed E-state index contributed by atoms with van der Waals surface area (Å²) in [5, 5.41) is 5.90. The van der Waals surface area contributed by atoms with Crippen molar-refractivity contribution in [2.24, 2.45) is 5.92 Å². The number of likely N-dealkylation sites (tertiary alicyclic amines) is 1. The van der Waals surface area contributed by atoms with E-state index in [1.54, 1.807) is 0 Å². The van der Waals surface area contributed by atoms with Gasteiger partial charge >= 0.3 is 0 Å². The van der Waals surface area contributed by atoms with E-state index in [-0.39, 0.29) is 30.3 Å². The zero-order valence-electron chi connectivity index (χ0n) is 11.7. The van der Waals surface area contributed by atoms with E-state index >= 15 is 0 Å². The molecule has 1 saturated heterocycles. The van der Waals surface area contributed by atoms with Crippen LogP contribution in [0.5, 0.6) is 0 Å². The van der Waals surface area contributed by atoms with E-state index in [1.807, 2.05) is 18.7 Å². The molecule has 0 aromatic carbocycles. The summed E-state index contributed by atoms with van der Waals surface area (Å²) in [5.74, 6) is 2.60. The first-order valence-electron chi connectivity index (χ1n) is 6.77. The third-order valence-corrected chi connectivity index (χ3v) is 3.22. The first-order valence-corrected chi connectivity index (χ1v) is 6.77. The Morgan fingerprint density at radius 1 is 1.37 bits per heavy atom. The summed E-state index contributed by atoms with van der Waals surface area (Å²) < 4.78 is 0. The van der Waals surface area contributed by atoms with Gasteiger partial charge < -0.3 is 10.2 Å². The highest BCUT2D eigenvalue weighted by Gasteiger charge is 2.23. The molecule has 0 aromatic heterocycles. The molecule has 0 atom stereocenters. The highest BCUT2D eigenvalue weighted by atomic mass is 16.2. The van der Waals surface area contributed by atoms with Gasteiger partial charge in [-0.25, -0.2) is 0 Å². The number of piperidine rings is 1. The normalized spacial score (nSPS) is 16.2. The predicted molar refractivity (Wildman–Crippen MR) is 74.3 cm³/mol. The molecule has 0 aromatic rings. The molecule has 0 bridgehead atoms. The Labute approximate surface area is 115 Å². The highest BCUT2D eigenvalue weighted by molar-refractivity contribution is 5.79. The predicted octanol–water partition coefficient (Wildman–Crippen LogP) is -0.0276. The fraction of sp³-hybridized carbons (Fsp3) is 0.714. The first kappa shape index (κ1) is 15.5. The number of rotatable bonds is 5. The van der Waals surface area contributed by atoms with Gasteiger partial charge in [-0.05, 0) is 12.8 Å². The molecule has 1 aliphatic rings. The standard InChI is InChI=1S/C14H23N3O2/c1-4-7-15-10-13(18)17-8-5-12(6-9-17)16-14(19)11(2)3/h1,11-12,15H,5-10H2,2-3H3,(H,16,19). The number of terminal acetylenes is 1. The first-order chi connectivity index (χ1) is 9.04. The van der Waals surface area contributed by atoms with Crippen molar-refractivity contribution < 1.29 is 9.59 Å². The molecule has 1 rings (SSSR count). The van der Waals surface area contributed by atoms with Crippen LogP contribution >= 0.6 is 0 Å². The van der Waals surface area contributed by atoms with Crippen LogP contribution in [0.4, 0.5) is 0 Å². The van der Waals surface area contributed by atoms with Crippen molar-refractivity contribution in [2.75, 3.05) is 26.2 Å². The molecule has 5 nitrogen and oxygen atoms in total. The topological polar surface area (TPSA) is 61.4 Å². The number of carbonyl (C=O) groups is 2. The fourth-order valence-corrected chi connectivity index (χ4v) is 1.99. The minimum atomic E-state index is 0.00706. The zero-order valence-corrected chi connectivity index (χ0v) is 11.7. The highest BCUT2D eigenvalue weighted by Crippen LogP contribution is 2.11. The van der Waals surface area contributed by atoms with Gasteiger partial charge in [0.2, 0.25) is 11.8 Å². The second-order valence-corrected chi connectivity index (χ2v) is 5.13. The Hall–Kier alpha value is -1.54. The van der Waals surface area contributed by atoms with Gasteiger partial charge in [-0.15, -0.1) is 6.42 Å². The van der Waals surface area contributed by atoms with Crippen molar-refractivity contribution in [3.8, 4) is 12.3 Å². The fourth-order valence-electron chi connectivity index (χ4n) is 1.99. The van der Waals surface area contributed by atoms with Crippen LogP contribution in [0, 0.1) is 18.3 Å². The van der Waals surface area contributed by atoms with Crippen molar-refractivity contribution in [1.82, 2.24) is 15.5 Å². The van der Waals surface area contributed by atoms with E-state index in [2.05, 4.69) is 16.6 Å². The SMILES string of the molecule is C#CCNCC(=O)N1CCC(NC(=O)C(C)C)CC1. The molecule has 1 aliphatic heterocycles. The summed E-state index contributed by atoms with van der Waals surface area (Å²) in [4.78, 5) is 25.2. The molecular weight excluding hydrogens is 242 g/mol. The van der Waals surface area contributed by atoms with Crippen molar-refractivity contribution in [3.63, 3.8) is 0 Å². The monoisotopic (exact) mass is 265 g/mol. The third kappa shape index (κ3) is 5.31. The van der Waals surface area contributed by atoms with E-state index < -0.39 is 0 Å². The Morgan fingerprint density at radius 2 is 2.00 bits per heavy atom. The number of hydrogen-bond acceptors (Lipinski definition) is 3. The van der Waals surface area contributed by atoms with Crippen LogP contribution in [-0.2, 0) is 9.59 Å². The zero-order chi connectivity index (χ0) is 14.3. The summed E-state index contributed by atoms with van der Waals surface area (Å²) in [6.07, 6.45) is 6.74. The van der Waals surface area contributed by atoms with Crippen LogP contribution in [0.3, 0.4) is 0 Å². The molecule has 106 valence electrons. The van der Waals surface area contributed by atoms with Gasteiger partial charge in [-0.1, -0.05) is 19.8 Å². The molecule has 0 spiro atoms. The summed E-state index contributed by atoms with van der Waals surface area (Å²) in [6, 6.07) is 0.192. The Bertz CT molecular complexity index is 352.